The van der Waals surface area contributed by atoms with Gasteiger partial charge in [-0.1, -0.05) is 6.92 Å². The Morgan fingerprint density at radius 2 is 2.21 bits per heavy atom. The summed E-state index contributed by atoms with van der Waals surface area (Å²) in [5, 5.41) is 3.37. The standard InChI is InChI=1S/C13H19BrN2O2.ClH/c1-2-15-9-10-3-6-16(7-4-10)13(17)12-11(14)5-8-18-12;/h5,8,10,15H,2-4,6-7,9H2,1H3;1H. The van der Waals surface area contributed by atoms with Crippen LogP contribution in [0.15, 0.2) is 21.2 Å². The Hall–Kier alpha value is -0.520. The maximum absolute atomic E-state index is 12.2. The molecule has 1 N–H and O–H groups in total. The van der Waals surface area contributed by atoms with E-state index in [2.05, 4.69) is 28.2 Å². The number of halogens is 2. The topological polar surface area (TPSA) is 45.5 Å². The molecule has 0 bridgehead atoms. The van der Waals surface area contributed by atoms with Gasteiger partial charge in [0.25, 0.3) is 5.91 Å². The molecule has 1 saturated heterocycles. The molecular formula is C13H20BrClN2O2. The van der Waals surface area contributed by atoms with Crippen LogP contribution in [-0.4, -0.2) is 37.0 Å². The van der Waals surface area contributed by atoms with Crippen LogP contribution in [0.5, 0.6) is 0 Å². The number of rotatable bonds is 4. The van der Waals surface area contributed by atoms with E-state index in [0.717, 1.165) is 43.5 Å². The molecule has 108 valence electrons. The molecule has 1 fully saturated rings. The van der Waals surface area contributed by atoms with Crippen LogP contribution in [0, 0.1) is 5.92 Å². The van der Waals surface area contributed by atoms with Gasteiger partial charge in [0.15, 0.2) is 0 Å². The molecule has 2 heterocycles. The summed E-state index contributed by atoms with van der Waals surface area (Å²) in [4.78, 5) is 14.1. The average Bonchev–Trinajstić information content (AvgIpc) is 2.82. The second-order valence-electron chi connectivity index (χ2n) is 4.64. The Morgan fingerprint density at radius 3 is 2.74 bits per heavy atom. The fourth-order valence-corrected chi connectivity index (χ4v) is 2.65. The lowest BCUT2D eigenvalue weighted by atomic mass is 9.96. The van der Waals surface area contributed by atoms with Gasteiger partial charge in [-0.2, -0.15) is 0 Å². The molecule has 19 heavy (non-hydrogen) atoms. The van der Waals surface area contributed by atoms with Gasteiger partial charge in [-0.05, 0) is 53.8 Å². The molecule has 1 aromatic rings. The normalized spacial score (nSPS) is 16.2. The summed E-state index contributed by atoms with van der Waals surface area (Å²) in [6.45, 7) is 5.83. The van der Waals surface area contributed by atoms with Crippen molar-refractivity contribution in [1.82, 2.24) is 10.2 Å². The maximum atomic E-state index is 12.2. The van der Waals surface area contributed by atoms with E-state index in [1.807, 2.05) is 4.90 Å². The molecule has 1 aliphatic heterocycles. The number of piperidine rings is 1. The zero-order valence-electron chi connectivity index (χ0n) is 11.0. The number of furan rings is 1. The van der Waals surface area contributed by atoms with E-state index in [0.29, 0.717) is 11.7 Å². The van der Waals surface area contributed by atoms with Gasteiger partial charge in [0, 0.05) is 13.1 Å². The third-order valence-electron chi connectivity index (χ3n) is 3.40. The van der Waals surface area contributed by atoms with Crippen LogP contribution in [0.3, 0.4) is 0 Å². The van der Waals surface area contributed by atoms with Crippen molar-refractivity contribution in [3.63, 3.8) is 0 Å². The van der Waals surface area contributed by atoms with Gasteiger partial charge in [-0.25, -0.2) is 0 Å². The van der Waals surface area contributed by atoms with Crippen molar-refractivity contribution in [2.24, 2.45) is 5.92 Å². The summed E-state index contributed by atoms with van der Waals surface area (Å²) in [7, 11) is 0. The van der Waals surface area contributed by atoms with E-state index in [1.54, 1.807) is 6.07 Å². The first-order valence-electron chi connectivity index (χ1n) is 6.45. The number of likely N-dealkylation sites (tertiary alicyclic amines) is 1. The van der Waals surface area contributed by atoms with Gasteiger partial charge < -0.3 is 14.6 Å². The van der Waals surface area contributed by atoms with Crippen LogP contribution in [0.4, 0.5) is 0 Å². The molecule has 0 radical (unpaired) electrons. The van der Waals surface area contributed by atoms with Crippen molar-refractivity contribution in [3.05, 3.63) is 22.6 Å². The van der Waals surface area contributed by atoms with Crippen molar-refractivity contribution < 1.29 is 9.21 Å². The first-order chi connectivity index (χ1) is 8.72. The molecule has 0 aromatic carbocycles. The van der Waals surface area contributed by atoms with Gasteiger partial charge in [0.2, 0.25) is 5.76 Å². The highest BCUT2D eigenvalue weighted by Gasteiger charge is 2.26. The Balaban J connectivity index is 0.00000180. The number of nitrogens with one attached hydrogen (secondary N) is 1. The third-order valence-corrected chi connectivity index (χ3v) is 4.02. The van der Waals surface area contributed by atoms with Gasteiger partial charge in [0.1, 0.15) is 0 Å². The monoisotopic (exact) mass is 350 g/mol. The van der Waals surface area contributed by atoms with Gasteiger partial charge in [-0.15, -0.1) is 12.4 Å². The molecule has 0 spiro atoms. The van der Waals surface area contributed by atoms with Gasteiger partial charge in [-0.3, -0.25) is 4.79 Å². The number of carbonyl (C=O) groups is 1. The summed E-state index contributed by atoms with van der Waals surface area (Å²) in [5.74, 6) is 1.10. The second-order valence-corrected chi connectivity index (χ2v) is 5.50. The Labute approximate surface area is 128 Å². The fourth-order valence-electron chi connectivity index (χ4n) is 2.28. The molecule has 0 unspecified atom stereocenters. The lowest BCUT2D eigenvalue weighted by Crippen LogP contribution is -2.40. The molecule has 1 aliphatic rings. The smallest absolute Gasteiger partial charge is 0.290 e. The lowest BCUT2D eigenvalue weighted by molar-refractivity contribution is 0.0657. The number of hydrogen-bond donors (Lipinski definition) is 1. The average molecular weight is 352 g/mol. The molecule has 0 atom stereocenters. The van der Waals surface area contributed by atoms with E-state index >= 15 is 0 Å². The highest BCUT2D eigenvalue weighted by Crippen LogP contribution is 2.23. The molecule has 4 nitrogen and oxygen atoms in total. The largest absolute Gasteiger partial charge is 0.458 e. The van der Waals surface area contributed by atoms with Crippen LogP contribution in [0.25, 0.3) is 0 Å². The molecule has 1 amide bonds. The zero-order chi connectivity index (χ0) is 13.0. The van der Waals surface area contributed by atoms with Crippen LogP contribution in [0.2, 0.25) is 0 Å². The zero-order valence-corrected chi connectivity index (χ0v) is 13.4. The number of carbonyl (C=O) groups excluding carboxylic acids is 1. The number of nitrogens with zero attached hydrogens (tertiary/aromatic N) is 1. The van der Waals surface area contributed by atoms with Crippen LogP contribution in [-0.2, 0) is 0 Å². The Bertz CT molecular complexity index is 403. The van der Waals surface area contributed by atoms with Gasteiger partial charge in [0.05, 0.1) is 10.7 Å². The highest BCUT2D eigenvalue weighted by atomic mass is 79.9. The summed E-state index contributed by atoms with van der Waals surface area (Å²) in [6.07, 6.45) is 3.67. The number of amides is 1. The Morgan fingerprint density at radius 1 is 1.53 bits per heavy atom. The van der Waals surface area contributed by atoms with Crippen molar-refractivity contribution >= 4 is 34.2 Å². The molecule has 6 heteroatoms. The van der Waals surface area contributed by atoms with Crippen LogP contribution < -0.4 is 5.32 Å². The molecule has 0 aliphatic carbocycles. The summed E-state index contributed by atoms with van der Waals surface area (Å²) in [6, 6.07) is 1.76. The SMILES string of the molecule is CCNCC1CCN(C(=O)c2occc2Br)CC1.Cl. The van der Waals surface area contributed by atoms with Gasteiger partial charge >= 0.3 is 0 Å². The lowest BCUT2D eigenvalue weighted by Gasteiger charge is -2.31. The van der Waals surface area contributed by atoms with E-state index < -0.39 is 0 Å². The minimum atomic E-state index is -0.00576. The molecule has 2 rings (SSSR count). The minimum Gasteiger partial charge on any atom is -0.458 e. The summed E-state index contributed by atoms with van der Waals surface area (Å²) < 4.78 is 5.96. The van der Waals surface area contributed by atoms with Crippen molar-refractivity contribution in [3.8, 4) is 0 Å². The van der Waals surface area contributed by atoms with Crippen LogP contribution >= 0.6 is 28.3 Å². The van der Waals surface area contributed by atoms with Crippen LogP contribution in [0.1, 0.15) is 30.3 Å². The predicted octanol–water partition coefficient (Wildman–Crippen LogP) is 2.93. The molecular weight excluding hydrogens is 332 g/mol. The highest BCUT2D eigenvalue weighted by molar-refractivity contribution is 9.10. The second kappa shape index (κ2) is 7.92. The molecule has 0 saturated carbocycles. The number of hydrogen-bond acceptors (Lipinski definition) is 3. The van der Waals surface area contributed by atoms with Crippen molar-refractivity contribution in [2.45, 2.75) is 19.8 Å². The minimum absolute atomic E-state index is 0. The first kappa shape index (κ1) is 16.5. The first-order valence-corrected chi connectivity index (χ1v) is 7.24. The van der Waals surface area contributed by atoms with Crippen molar-refractivity contribution in [2.75, 3.05) is 26.2 Å². The fraction of sp³-hybridized carbons (Fsp3) is 0.615. The Kier molecular flexibility index (Phi) is 6.89. The molecule has 1 aromatic heterocycles. The van der Waals surface area contributed by atoms with E-state index in [-0.39, 0.29) is 18.3 Å². The van der Waals surface area contributed by atoms with E-state index in [9.17, 15) is 4.79 Å². The van der Waals surface area contributed by atoms with Crippen molar-refractivity contribution in [1.29, 1.82) is 0 Å². The quantitative estimate of drug-likeness (QED) is 0.907. The maximum Gasteiger partial charge on any atom is 0.290 e. The third kappa shape index (κ3) is 4.23. The summed E-state index contributed by atoms with van der Waals surface area (Å²) in [5.41, 5.74) is 0. The van der Waals surface area contributed by atoms with E-state index in [1.165, 1.54) is 6.26 Å². The van der Waals surface area contributed by atoms with E-state index in [4.69, 9.17) is 4.42 Å². The summed E-state index contributed by atoms with van der Waals surface area (Å²) >= 11 is 3.33. The predicted molar refractivity (Wildman–Crippen MR) is 80.8 cm³/mol.